The summed E-state index contributed by atoms with van der Waals surface area (Å²) in [5, 5.41) is 3.92. The fourth-order valence-electron chi connectivity index (χ4n) is 4.94. The number of halogens is 1. The quantitative estimate of drug-likeness (QED) is 0.499. The summed E-state index contributed by atoms with van der Waals surface area (Å²) < 4.78 is 16.3. The van der Waals surface area contributed by atoms with E-state index < -0.39 is 11.9 Å². The Labute approximate surface area is 210 Å². The summed E-state index contributed by atoms with van der Waals surface area (Å²) >= 11 is 6.31. The van der Waals surface area contributed by atoms with Crippen molar-refractivity contribution in [3.63, 3.8) is 0 Å². The van der Waals surface area contributed by atoms with Crippen LogP contribution >= 0.6 is 11.6 Å². The molecule has 0 aromatic heterocycles. The number of hydrogen-bond donors (Lipinski definition) is 1. The maximum atomic E-state index is 13.7. The van der Waals surface area contributed by atoms with Gasteiger partial charge in [-0.05, 0) is 61.1 Å². The first-order chi connectivity index (χ1) is 16.9. The maximum absolute atomic E-state index is 13.7. The highest BCUT2D eigenvalue weighted by Crippen LogP contribution is 2.46. The van der Waals surface area contributed by atoms with Gasteiger partial charge in [-0.2, -0.15) is 0 Å². The molecule has 0 unspecified atom stereocenters. The number of rotatable bonds is 7. The predicted molar refractivity (Wildman–Crippen MR) is 135 cm³/mol. The van der Waals surface area contributed by atoms with Gasteiger partial charge in [-0.25, -0.2) is 4.79 Å². The van der Waals surface area contributed by atoms with Crippen LogP contribution in [0, 0.1) is 0 Å². The number of hydrogen-bond acceptors (Lipinski definition) is 6. The third kappa shape index (κ3) is 4.94. The molecule has 0 saturated heterocycles. The number of ether oxygens (including phenoxy) is 3. The van der Waals surface area contributed by atoms with Gasteiger partial charge in [-0.3, -0.25) is 4.79 Å². The second-order valence-electron chi connectivity index (χ2n) is 8.82. The lowest BCUT2D eigenvalue weighted by Crippen LogP contribution is -2.36. The van der Waals surface area contributed by atoms with E-state index in [-0.39, 0.29) is 11.7 Å². The van der Waals surface area contributed by atoms with Gasteiger partial charge in [0.05, 0.1) is 26.4 Å². The molecule has 1 N–H and O–H groups in total. The summed E-state index contributed by atoms with van der Waals surface area (Å²) in [6.07, 6.45) is 1.67. The Morgan fingerprint density at radius 1 is 1.06 bits per heavy atom. The number of allylic oxidation sites excluding steroid dienone is 3. The van der Waals surface area contributed by atoms with Gasteiger partial charge in [0.25, 0.3) is 0 Å². The molecule has 184 valence electrons. The van der Waals surface area contributed by atoms with E-state index >= 15 is 0 Å². The molecule has 0 bridgehead atoms. The summed E-state index contributed by atoms with van der Waals surface area (Å²) in [6, 6.07) is 13.1. The van der Waals surface area contributed by atoms with Gasteiger partial charge in [0.1, 0.15) is 0 Å². The average Bonchev–Trinajstić information content (AvgIpc) is 2.85. The van der Waals surface area contributed by atoms with Crippen LogP contribution < -0.4 is 14.8 Å². The van der Waals surface area contributed by atoms with Crippen LogP contribution in [-0.2, 0) is 14.3 Å². The standard InChI is InChI=1S/C28H30ClNO5/c1-5-11-35-28(32)25-16(2)30-21-13-19(17-9-10-23(33-3)24(15-17)34-4)14-22(31)27(21)26(25)18-7-6-8-20(29)12-18/h6-10,12,15,19,26,30H,5,11,13-14H2,1-4H3/t19-,26-/m0/s1. The lowest BCUT2D eigenvalue weighted by atomic mass is 9.71. The van der Waals surface area contributed by atoms with E-state index in [0.29, 0.717) is 59.2 Å². The average molecular weight is 496 g/mol. The smallest absolute Gasteiger partial charge is 0.336 e. The first kappa shape index (κ1) is 24.9. The first-order valence-corrected chi connectivity index (χ1v) is 12.1. The zero-order valence-electron chi connectivity index (χ0n) is 20.4. The van der Waals surface area contributed by atoms with Crippen LogP contribution in [-0.4, -0.2) is 32.6 Å². The van der Waals surface area contributed by atoms with E-state index in [9.17, 15) is 9.59 Å². The molecule has 1 aliphatic carbocycles. The Bertz CT molecular complexity index is 1220. The van der Waals surface area contributed by atoms with Gasteiger partial charge in [0.15, 0.2) is 17.3 Å². The number of benzene rings is 2. The molecular formula is C28H30ClNO5. The fourth-order valence-corrected chi connectivity index (χ4v) is 5.14. The van der Waals surface area contributed by atoms with E-state index in [0.717, 1.165) is 16.8 Å². The number of methoxy groups -OCH3 is 2. The van der Waals surface area contributed by atoms with Crippen LogP contribution in [0.1, 0.15) is 56.1 Å². The van der Waals surface area contributed by atoms with Gasteiger partial charge in [-0.1, -0.05) is 36.7 Å². The number of nitrogens with one attached hydrogen (secondary N) is 1. The molecule has 1 aliphatic heterocycles. The van der Waals surface area contributed by atoms with Gasteiger partial charge >= 0.3 is 5.97 Å². The Kier molecular flexibility index (Phi) is 7.51. The van der Waals surface area contributed by atoms with Crippen molar-refractivity contribution in [2.75, 3.05) is 20.8 Å². The van der Waals surface area contributed by atoms with Gasteiger partial charge in [0, 0.05) is 34.3 Å². The molecule has 35 heavy (non-hydrogen) atoms. The van der Waals surface area contributed by atoms with Gasteiger partial charge in [0.2, 0.25) is 0 Å². The molecule has 0 amide bonds. The van der Waals surface area contributed by atoms with Crippen LogP contribution in [0.25, 0.3) is 0 Å². The van der Waals surface area contributed by atoms with E-state index in [4.69, 9.17) is 25.8 Å². The highest BCUT2D eigenvalue weighted by molar-refractivity contribution is 6.30. The molecular weight excluding hydrogens is 466 g/mol. The zero-order valence-corrected chi connectivity index (χ0v) is 21.2. The van der Waals surface area contributed by atoms with Crippen LogP contribution in [0.15, 0.2) is 65.0 Å². The fraction of sp³-hybridized carbons (Fsp3) is 0.357. The van der Waals surface area contributed by atoms with E-state index in [1.165, 1.54) is 0 Å². The molecule has 1 heterocycles. The molecule has 7 heteroatoms. The minimum absolute atomic E-state index is 0.00296. The predicted octanol–water partition coefficient (Wildman–Crippen LogP) is 5.67. The zero-order chi connectivity index (χ0) is 25.1. The summed E-state index contributed by atoms with van der Waals surface area (Å²) in [6.45, 7) is 4.12. The molecule has 2 aromatic carbocycles. The molecule has 0 spiro atoms. The molecule has 0 radical (unpaired) electrons. The molecule has 0 fully saturated rings. The van der Waals surface area contributed by atoms with Gasteiger partial charge in [-0.15, -0.1) is 0 Å². The van der Waals surface area contributed by atoms with E-state index in [2.05, 4.69) is 5.32 Å². The third-order valence-electron chi connectivity index (χ3n) is 6.55. The maximum Gasteiger partial charge on any atom is 0.336 e. The SMILES string of the molecule is CCCOC(=O)C1=C(C)NC2=C(C(=O)C[C@@H](c3ccc(OC)c(OC)c3)C2)[C@H]1c1cccc(Cl)c1. The minimum atomic E-state index is -0.534. The van der Waals surface area contributed by atoms with Crippen molar-refractivity contribution in [3.8, 4) is 11.5 Å². The largest absolute Gasteiger partial charge is 0.493 e. The topological polar surface area (TPSA) is 73.9 Å². The van der Waals surface area contributed by atoms with Crippen LogP contribution in [0.5, 0.6) is 11.5 Å². The van der Waals surface area contributed by atoms with Crippen molar-refractivity contribution >= 4 is 23.4 Å². The van der Waals surface area contributed by atoms with Crippen LogP contribution in [0.2, 0.25) is 5.02 Å². The van der Waals surface area contributed by atoms with Crippen molar-refractivity contribution in [3.05, 3.63) is 81.2 Å². The Morgan fingerprint density at radius 3 is 2.51 bits per heavy atom. The molecule has 2 atom stereocenters. The lowest BCUT2D eigenvalue weighted by molar-refractivity contribution is -0.139. The van der Waals surface area contributed by atoms with Crippen molar-refractivity contribution in [1.29, 1.82) is 0 Å². The van der Waals surface area contributed by atoms with Crippen molar-refractivity contribution < 1.29 is 23.8 Å². The summed E-state index contributed by atoms with van der Waals surface area (Å²) in [5.41, 5.74) is 4.38. The Balaban J connectivity index is 1.76. The second kappa shape index (κ2) is 10.6. The normalized spacial score (nSPS) is 19.7. The number of esters is 1. The third-order valence-corrected chi connectivity index (χ3v) is 6.78. The van der Waals surface area contributed by atoms with Crippen molar-refractivity contribution in [2.45, 2.75) is 44.9 Å². The number of carbonyl (C=O) groups excluding carboxylic acids is 2. The number of Topliss-reactive ketones (excluding diaryl/α,β-unsaturated/α-hetero) is 1. The Morgan fingerprint density at radius 2 is 1.83 bits per heavy atom. The first-order valence-electron chi connectivity index (χ1n) is 11.8. The molecule has 0 saturated carbocycles. The number of carbonyl (C=O) groups is 2. The number of dihydropyridines is 1. The summed E-state index contributed by atoms with van der Waals surface area (Å²) in [5.74, 6) is 0.287. The highest BCUT2D eigenvalue weighted by Gasteiger charge is 2.41. The highest BCUT2D eigenvalue weighted by atomic mass is 35.5. The van der Waals surface area contributed by atoms with Crippen molar-refractivity contribution in [2.24, 2.45) is 0 Å². The molecule has 2 aliphatic rings. The lowest BCUT2D eigenvalue weighted by Gasteiger charge is -2.36. The molecule has 4 rings (SSSR count). The van der Waals surface area contributed by atoms with Crippen molar-refractivity contribution in [1.82, 2.24) is 5.32 Å². The van der Waals surface area contributed by atoms with E-state index in [1.807, 2.05) is 50.2 Å². The Hall–Kier alpha value is -3.25. The van der Waals surface area contributed by atoms with Crippen LogP contribution in [0.4, 0.5) is 0 Å². The molecule has 6 nitrogen and oxygen atoms in total. The summed E-state index contributed by atoms with van der Waals surface area (Å²) in [4.78, 5) is 26.8. The molecule has 2 aromatic rings. The number of ketones is 1. The van der Waals surface area contributed by atoms with E-state index in [1.54, 1.807) is 20.3 Å². The minimum Gasteiger partial charge on any atom is -0.493 e. The van der Waals surface area contributed by atoms with Crippen LogP contribution in [0.3, 0.4) is 0 Å². The van der Waals surface area contributed by atoms with Gasteiger partial charge < -0.3 is 19.5 Å². The summed E-state index contributed by atoms with van der Waals surface area (Å²) in [7, 11) is 3.19. The second-order valence-corrected chi connectivity index (χ2v) is 9.26. The monoisotopic (exact) mass is 495 g/mol.